The highest BCUT2D eigenvalue weighted by Crippen LogP contribution is 2.29. The molecular formula is C10H10Cl2O2. The SMILES string of the molecule is C=C(Cl)COc1c(Cl)cccc1CO. The largest absolute Gasteiger partial charge is 0.486 e. The molecule has 0 saturated heterocycles. The molecule has 0 aliphatic heterocycles. The van der Waals surface area contributed by atoms with Crippen LogP contribution in [-0.2, 0) is 6.61 Å². The van der Waals surface area contributed by atoms with Crippen LogP contribution in [0.2, 0.25) is 5.02 Å². The number of hydrogen-bond donors (Lipinski definition) is 1. The van der Waals surface area contributed by atoms with Gasteiger partial charge >= 0.3 is 0 Å². The summed E-state index contributed by atoms with van der Waals surface area (Å²) in [6.45, 7) is 3.55. The van der Waals surface area contributed by atoms with Crippen molar-refractivity contribution in [3.8, 4) is 5.75 Å². The van der Waals surface area contributed by atoms with Crippen molar-refractivity contribution in [3.63, 3.8) is 0 Å². The summed E-state index contributed by atoms with van der Waals surface area (Å²) in [4.78, 5) is 0. The van der Waals surface area contributed by atoms with Crippen LogP contribution in [0.25, 0.3) is 0 Å². The summed E-state index contributed by atoms with van der Waals surface area (Å²) in [5.74, 6) is 0.457. The number of rotatable bonds is 4. The maximum Gasteiger partial charge on any atom is 0.143 e. The molecule has 2 nitrogen and oxygen atoms in total. The fourth-order valence-corrected chi connectivity index (χ4v) is 1.29. The van der Waals surface area contributed by atoms with Gasteiger partial charge < -0.3 is 9.84 Å². The average Bonchev–Trinajstić information content (AvgIpc) is 2.15. The molecule has 0 aliphatic carbocycles. The highest BCUT2D eigenvalue weighted by molar-refractivity contribution is 6.32. The van der Waals surface area contributed by atoms with E-state index in [0.717, 1.165) is 0 Å². The molecule has 0 unspecified atom stereocenters. The third-order valence-electron chi connectivity index (χ3n) is 1.59. The zero-order valence-electron chi connectivity index (χ0n) is 7.46. The van der Waals surface area contributed by atoms with E-state index in [9.17, 15) is 0 Å². The third-order valence-corrected chi connectivity index (χ3v) is 2.00. The third kappa shape index (κ3) is 2.91. The molecule has 0 spiro atoms. The molecule has 0 aliphatic rings. The molecule has 0 aromatic heterocycles. The molecule has 1 aromatic rings. The number of ether oxygens (including phenoxy) is 1. The molecule has 1 N–H and O–H groups in total. The van der Waals surface area contributed by atoms with Crippen LogP contribution < -0.4 is 4.74 Å². The minimum atomic E-state index is -0.120. The van der Waals surface area contributed by atoms with Crippen LogP contribution in [-0.4, -0.2) is 11.7 Å². The Labute approximate surface area is 92.7 Å². The normalized spacial score (nSPS) is 9.93. The van der Waals surface area contributed by atoms with Crippen LogP contribution in [0.15, 0.2) is 29.8 Å². The van der Waals surface area contributed by atoms with E-state index in [1.165, 1.54) is 0 Å². The van der Waals surface area contributed by atoms with Gasteiger partial charge in [-0.1, -0.05) is 41.9 Å². The fourth-order valence-electron chi connectivity index (χ4n) is 0.990. The van der Waals surface area contributed by atoms with Crippen LogP contribution in [0, 0.1) is 0 Å². The van der Waals surface area contributed by atoms with E-state index in [1.807, 2.05) is 0 Å². The predicted octanol–water partition coefficient (Wildman–Crippen LogP) is 2.96. The molecule has 76 valence electrons. The van der Waals surface area contributed by atoms with Crippen LogP contribution in [0.5, 0.6) is 5.75 Å². The lowest BCUT2D eigenvalue weighted by Gasteiger charge is -2.10. The van der Waals surface area contributed by atoms with E-state index in [-0.39, 0.29) is 13.2 Å². The minimum Gasteiger partial charge on any atom is -0.486 e. The van der Waals surface area contributed by atoms with Crippen molar-refractivity contribution in [3.05, 3.63) is 40.4 Å². The Hall–Kier alpha value is -0.700. The molecule has 14 heavy (non-hydrogen) atoms. The van der Waals surface area contributed by atoms with Crippen molar-refractivity contribution in [2.24, 2.45) is 0 Å². The zero-order valence-corrected chi connectivity index (χ0v) is 8.98. The first-order valence-electron chi connectivity index (χ1n) is 3.99. The van der Waals surface area contributed by atoms with Gasteiger partial charge in [0, 0.05) is 10.6 Å². The first kappa shape index (κ1) is 11.4. The van der Waals surface area contributed by atoms with Gasteiger partial charge in [-0.2, -0.15) is 0 Å². The molecule has 0 bridgehead atoms. The van der Waals surface area contributed by atoms with E-state index in [4.69, 9.17) is 33.0 Å². The Bertz CT molecular complexity index is 337. The Balaban J connectivity index is 2.87. The molecule has 0 amide bonds. The zero-order chi connectivity index (χ0) is 10.6. The van der Waals surface area contributed by atoms with Gasteiger partial charge in [0.1, 0.15) is 12.4 Å². The number of benzene rings is 1. The van der Waals surface area contributed by atoms with E-state index < -0.39 is 0 Å². The van der Waals surface area contributed by atoms with Gasteiger partial charge in [-0.25, -0.2) is 0 Å². The van der Waals surface area contributed by atoms with Crippen molar-refractivity contribution in [2.45, 2.75) is 6.61 Å². The van der Waals surface area contributed by atoms with Gasteiger partial charge in [-0.15, -0.1) is 0 Å². The van der Waals surface area contributed by atoms with Crippen LogP contribution in [0.4, 0.5) is 0 Å². The summed E-state index contributed by atoms with van der Waals surface area (Å²) in [5, 5.41) is 9.85. The number of aliphatic hydroxyl groups excluding tert-OH is 1. The summed E-state index contributed by atoms with van der Waals surface area (Å²) in [6, 6.07) is 5.17. The van der Waals surface area contributed by atoms with Gasteiger partial charge in [0.05, 0.1) is 11.6 Å². The maximum absolute atomic E-state index is 9.01. The molecule has 0 fully saturated rings. The van der Waals surface area contributed by atoms with Crippen molar-refractivity contribution in [1.29, 1.82) is 0 Å². The standard InChI is InChI=1S/C10H10Cl2O2/c1-7(11)6-14-10-8(5-13)3-2-4-9(10)12/h2-4,13H,1,5-6H2. The van der Waals surface area contributed by atoms with E-state index in [2.05, 4.69) is 6.58 Å². The van der Waals surface area contributed by atoms with Crippen molar-refractivity contribution in [1.82, 2.24) is 0 Å². The topological polar surface area (TPSA) is 29.5 Å². The van der Waals surface area contributed by atoms with Crippen LogP contribution >= 0.6 is 23.2 Å². The quantitative estimate of drug-likeness (QED) is 0.866. The van der Waals surface area contributed by atoms with Crippen molar-refractivity contribution < 1.29 is 9.84 Å². The molecular weight excluding hydrogens is 223 g/mol. The summed E-state index contributed by atoms with van der Waals surface area (Å²) in [6.07, 6.45) is 0. The Morgan fingerprint density at radius 1 is 1.50 bits per heavy atom. The molecule has 0 radical (unpaired) electrons. The van der Waals surface area contributed by atoms with E-state index in [0.29, 0.717) is 21.4 Å². The van der Waals surface area contributed by atoms with Gasteiger partial charge in [0.25, 0.3) is 0 Å². The molecule has 1 aromatic carbocycles. The average molecular weight is 233 g/mol. The first-order valence-corrected chi connectivity index (χ1v) is 4.75. The summed E-state index contributed by atoms with van der Waals surface area (Å²) in [7, 11) is 0. The number of halogens is 2. The van der Waals surface area contributed by atoms with Gasteiger partial charge in [0.2, 0.25) is 0 Å². The van der Waals surface area contributed by atoms with Gasteiger partial charge in [-0.05, 0) is 6.07 Å². The van der Waals surface area contributed by atoms with Gasteiger partial charge in [-0.3, -0.25) is 0 Å². The Kier molecular flexibility index (Phi) is 4.26. The first-order chi connectivity index (χ1) is 6.65. The Morgan fingerprint density at radius 2 is 2.21 bits per heavy atom. The van der Waals surface area contributed by atoms with Crippen LogP contribution in [0.1, 0.15) is 5.56 Å². The second kappa shape index (κ2) is 5.25. The monoisotopic (exact) mass is 232 g/mol. The number of para-hydroxylation sites is 1. The summed E-state index contributed by atoms with van der Waals surface area (Å²) < 4.78 is 5.30. The van der Waals surface area contributed by atoms with E-state index >= 15 is 0 Å². The van der Waals surface area contributed by atoms with Gasteiger partial charge in [0.15, 0.2) is 0 Å². The lowest BCUT2D eigenvalue weighted by molar-refractivity contribution is 0.269. The highest BCUT2D eigenvalue weighted by Gasteiger charge is 2.07. The predicted molar refractivity (Wildman–Crippen MR) is 57.9 cm³/mol. The second-order valence-electron chi connectivity index (χ2n) is 2.69. The summed E-state index contributed by atoms with van der Waals surface area (Å²) >= 11 is 11.4. The molecule has 0 saturated carbocycles. The van der Waals surface area contributed by atoms with Crippen LogP contribution in [0.3, 0.4) is 0 Å². The lowest BCUT2D eigenvalue weighted by atomic mass is 10.2. The number of aliphatic hydroxyl groups is 1. The maximum atomic E-state index is 9.01. The highest BCUT2D eigenvalue weighted by atomic mass is 35.5. The molecule has 4 heteroatoms. The minimum absolute atomic E-state index is 0.120. The van der Waals surface area contributed by atoms with Crippen molar-refractivity contribution >= 4 is 23.2 Å². The lowest BCUT2D eigenvalue weighted by Crippen LogP contribution is -2.00. The Morgan fingerprint density at radius 3 is 2.79 bits per heavy atom. The smallest absolute Gasteiger partial charge is 0.143 e. The second-order valence-corrected chi connectivity index (χ2v) is 3.63. The number of hydrogen-bond acceptors (Lipinski definition) is 2. The molecule has 0 heterocycles. The van der Waals surface area contributed by atoms with Crippen molar-refractivity contribution in [2.75, 3.05) is 6.61 Å². The molecule has 0 atom stereocenters. The fraction of sp³-hybridized carbons (Fsp3) is 0.200. The summed E-state index contributed by atoms with van der Waals surface area (Å²) in [5.41, 5.74) is 0.635. The van der Waals surface area contributed by atoms with E-state index in [1.54, 1.807) is 18.2 Å². The molecule has 1 rings (SSSR count).